The maximum Gasteiger partial charge on any atom is 0.308 e. The Morgan fingerprint density at radius 1 is 1.00 bits per heavy atom. The third kappa shape index (κ3) is 5.23. The number of ether oxygens (including phenoxy) is 1. The van der Waals surface area contributed by atoms with Crippen LogP contribution in [0.3, 0.4) is 0 Å². The standard InChI is InChI=1S/C24H27NO6/c1-3-11-25(22(26)19-13-20(23(27)28)21(19)24(29)30)14-16-7-9-17(10-8-16)31-18-6-4-5-15(2)12-18/h4-10,12,19-21H,3,11,13-14H2,1-2H3,(H,27,28)(H,29,30). The van der Waals surface area contributed by atoms with Crippen LogP contribution in [0.4, 0.5) is 0 Å². The van der Waals surface area contributed by atoms with Gasteiger partial charge in [-0.2, -0.15) is 0 Å². The molecule has 1 aliphatic carbocycles. The molecule has 3 rings (SSSR count). The van der Waals surface area contributed by atoms with Crippen molar-refractivity contribution in [3.63, 3.8) is 0 Å². The molecule has 3 unspecified atom stereocenters. The van der Waals surface area contributed by atoms with Crippen LogP contribution in [0.25, 0.3) is 0 Å². The minimum Gasteiger partial charge on any atom is -0.481 e. The lowest BCUT2D eigenvalue weighted by atomic mass is 9.64. The van der Waals surface area contributed by atoms with E-state index in [1.54, 1.807) is 4.90 Å². The average Bonchev–Trinajstić information content (AvgIpc) is 2.67. The van der Waals surface area contributed by atoms with Crippen LogP contribution in [-0.4, -0.2) is 39.5 Å². The molecule has 1 aliphatic rings. The first kappa shape index (κ1) is 22.3. The first-order chi connectivity index (χ1) is 14.8. The van der Waals surface area contributed by atoms with Crippen molar-refractivity contribution in [1.29, 1.82) is 0 Å². The summed E-state index contributed by atoms with van der Waals surface area (Å²) < 4.78 is 5.85. The van der Waals surface area contributed by atoms with Crippen LogP contribution in [0, 0.1) is 24.7 Å². The van der Waals surface area contributed by atoms with Crippen LogP contribution < -0.4 is 4.74 Å². The largest absolute Gasteiger partial charge is 0.481 e. The van der Waals surface area contributed by atoms with Gasteiger partial charge >= 0.3 is 11.9 Å². The molecule has 3 atom stereocenters. The molecule has 0 bridgehead atoms. The molecule has 0 heterocycles. The summed E-state index contributed by atoms with van der Waals surface area (Å²) in [5.74, 6) is -4.25. The SMILES string of the molecule is CCCN(Cc1ccc(Oc2cccc(C)c2)cc1)C(=O)C1CC(C(=O)O)C1C(=O)O. The zero-order valence-corrected chi connectivity index (χ0v) is 17.7. The van der Waals surface area contributed by atoms with E-state index in [0.29, 0.717) is 25.3 Å². The number of benzene rings is 2. The van der Waals surface area contributed by atoms with Crippen LogP contribution in [-0.2, 0) is 20.9 Å². The Morgan fingerprint density at radius 2 is 1.71 bits per heavy atom. The molecule has 0 radical (unpaired) electrons. The van der Waals surface area contributed by atoms with E-state index in [2.05, 4.69) is 0 Å². The third-order valence-corrected chi connectivity index (χ3v) is 5.62. The molecule has 0 spiro atoms. The Balaban J connectivity index is 1.67. The first-order valence-electron chi connectivity index (χ1n) is 10.4. The van der Waals surface area contributed by atoms with Crippen molar-refractivity contribution in [2.24, 2.45) is 17.8 Å². The summed E-state index contributed by atoms with van der Waals surface area (Å²) >= 11 is 0. The zero-order valence-electron chi connectivity index (χ0n) is 17.7. The summed E-state index contributed by atoms with van der Waals surface area (Å²) in [7, 11) is 0. The summed E-state index contributed by atoms with van der Waals surface area (Å²) in [6.07, 6.45) is 0.779. The Kier molecular flexibility index (Phi) is 6.95. The predicted molar refractivity (Wildman–Crippen MR) is 114 cm³/mol. The second-order valence-electron chi connectivity index (χ2n) is 7.97. The van der Waals surface area contributed by atoms with Gasteiger partial charge in [-0.3, -0.25) is 14.4 Å². The van der Waals surface area contributed by atoms with Gasteiger partial charge in [-0.1, -0.05) is 31.2 Å². The van der Waals surface area contributed by atoms with Crippen molar-refractivity contribution >= 4 is 17.8 Å². The second kappa shape index (κ2) is 9.64. The summed E-state index contributed by atoms with van der Waals surface area (Å²) in [4.78, 5) is 37.4. The molecule has 0 aliphatic heterocycles. The minimum atomic E-state index is -1.23. The van der Waals surface area contributed by atoms with Crippen LogP contribution >= 0.6 is 0 Å². The van der Waals surface area contributed by atoms with Gasteiger partial charge in [0, 0.05) is 13.1 Å². The molecule has 1 saturated carbocycles. The van der Waals surface area contributed by atoms with Gasteiger partial charge in [-0.05, 0) is 55.2 Å². The number of amides is 1. The molecule has 7 heteroatoms. The van der Waals surface area contributed by atoms with E-state index in [1.165, 1.54) is 0 Å². The number of aliphatic carboxylic acids is 2. The number of carbonyl (C=O) groups is 3. The smallest absolute Gasteiger partial charge is 0.308 e. The quantitative estimate of drug-likeness (QED) is 0.630. The maximum atomic E-state index is 13.0. The van der Waals surface area contributed by atoms with E-state index in [9.17, 15) is 24.6 Å². The van der Waals surface area contributed by atoms with E-state index in [0.717, 1.165) is 16.9 Å². The topological polar surface area (TPSA) is 104 Å². The summed E-state index contributed by atoms with van der Waals surface area (Å²) in [5.41, 5.74) is 1.99. The van der Waals surface area contributed by atoms with Crippen LogP contribution in [0.15, 0.2) is 48.5 Å². The van der Waals surface area contributed by atoms with Crippen molar-refractivity contribution < 1.29 is 29.3 Å². The maximum absolute atomic E-state index is 13.0. The molecular weight excluding hydrogens is 398 g/mol. The Labute approximate surface area is 181 Å². The summed E-state index contributed by atoms with van der Waals surface area (Å²) in [6.45, 7) is 4.73. The number of carboxylic acids is 2. The number of hydrogen-bond donors (Lipinski definition) is 2. The van der Waals surface area contributed by atoms with Crippen molar-refractivity contribution in [3.05, 3.63) is 59.7 Å². The predicted octanol–water partition coefficient (Wildman–Crippen LogP) is 3.95. The molecule has 0 aromatic heterocycles. The number of rotatable bonds is 9. The monoisotopic (exact) mass is 425 g/mol. The molecule has 2 N–H and O–H groups in total. The van der Waals surface area contributed by atoms with E-state index < -0.39 is 29.7 Å². The molecule has 164 valence electrons. The third-order valence-electron chi connectivity index (χ3n) is 5.62. The Morgan fingerprint density at radius 3 is 2.29 bits per heavy atom. The lowest BCUT2D eigenvalue weighted by Gasteiger charge is -2.40. The summed E-state index contributed by atoms with van der Waals surface area (Å²) in [5, 5.41) is 18.6. The molecule has 1 fully saturated rings. The minimum absolute atomic E-state index is 0.0641. The fraction of sp³-hybridized carbons (Fsp3) is 0.375. The molecule has 2 aromatic rings. The molecule has 0 saturated heterocycles. The van der Waals surface area contributed by atoms with Crippen molar-refractivity contribution in [1.82, 2.24) is 4.90 Å². The fourth-order valence-electron chi connectivity index (χ4n) is 3.97. The number of carboxylic acid groups (broad SMARTS) is 2. The first-order valence-corrected chi connectivity index (χ1v) is 10.4. The van der Waals surface area contributed by atoms with Gasteiger partial charge in [0.05, 0.1) is 17.8 Å². The fourth-order valence-corrected chi connectivity index (χ4v) is 3.97. The van der Waals surface area contributed by atoms with Gasteiger partial charge in [0.1, 0.15) is 11.5 Å². The molecule has 2 aromatic carbocycles. The van der Waals surface area contributed by atoms with Gasteiger partial charge in [0.15, 0.2) is 0 Å². The highest BCUT2D eigenvalue weighted by Crippen LogP contribution is 2.42. The Hall–Kier alpha value is -3.35. The van der Waals surface area contributed by atoms with Crippen LogP contribution in [0.2, 0.25) is 0 Å². The van der Waals surface area contributed by atoms with Gasteiger partial charge in [0.25, 0.3) is 0 Å². The summed E-state index contributed by atoms with van der Waals surface area (Å²) in [6, 6.07) is 15.1. The van der Waals surface area contributed by atoms with E-state index >= 15 is 0 Å². The van der Waals surface area contributed by atoms with Gasteiger partial charge < -0.3 is 19.8 Å². The van der Waals surface area contributed by atoms with Gasteiger partial charge in [-0.25, -0.2) is 0 Å². The highest BCUT2D eigenvalue weighted by Gasteiger charge is 2.54. The van der Waals surface area contributed by atoms with Crippen molar-refractivity contribution in [2.75, 3.05) is 6.54 Å². The zero-order chi connectivity index (χ0) is 22.5. The molecule has 7 nitrogen and oxygen atoms in total. The molecule has 31 heavy (non-hydrogen) atoms. The van der Waals surface area contributed by atoms with Crippen molar-refractivity contribution in [2.45, 2.75) is 33.2 Å². The molecular formula is C24H27NO6. The van der Waals surface area contributed by atoms with E-state index in [-0.39, 0.29) is 12.3 Å². The van der Waals surface area contributed by atoms with Crippen LogP contribution in [0.1, 0.15) is 30.9 Å². The van der Waals surface area contributed by atoms with E-state index in [1.807, 2.05) is 62.4 Å². The van der Waals surface area contributed by atoms with E-state index in [4.69, 9.17) is 4.74 Å². The normalized spacial score (nSPS) is 19.9. The lowest BCUT2D eigenvalue weighted by molar-refractivity contribution is -0.172. The van der Waals surface area contributed by atoms with Crippen LogP contribution in [0.5, 0.6) is 11.5 Å². The van der Waals surface area contributed by atoms with Crippen molar-refractivity contribution in [3.8, 4) is 11.5 Å². The number of aryl methyl sites for hydroxylation is 1. The number of carbonyl (C=O) groups excluding carboxylic acids is 1. The van der Waals surface area contributed by atoms with Gasteiger partial charge in [0.2, 0.25) is 5.91 Å². The second-order valence-corrected chi connectivity index (χ2v) is 7.97. The Bertz CT molecular complexity index is 955. The highest BCUT2D eigenvalue weighted by atomic mass is 16.5. The average molecular weight is 425 g/mol. The molecule has 1 amide bonds. The highest BCUT2D eigenvalue weighted by molar-refractivity contribution is 5.91. The lowest BCUT2D eigenvalue weighted by Crippen LogP contribution is -2.53. The number of hydrogen-bond acceptors (Lipinski definition) is 4. The number of nitrogens with zero attached hydrogens (tertiary/aromatic N) is 1. The van der Waals surface area contributed by atoms with Gasteiger partial charge in [-0.15, -0.1) is 0 Å².